The first-order valence-electron chi connectivity index (χ1n) is 11.0. The lowest BCUT2D eigenvalue weighted by molar-refractivity contribution is -0.122. The summed E-state index contributed by atoms with van der Waals surface area (Å²) in [5.74, 6) is 0.899. The molecule has 0 saturated carbocycles. The van der Waals surface area contributed by atoms with Gasteiger partial charge in [0.05, 0.1) is 26.4 Å². The molecule has 0 spiro atoms. The molecule has 0 radical (unpaired) electrons. The molecule has 0 aliphatic carbocycles. The number of nitrogens with zero attached hydrogens (tertiary/aromatic N) is 3. The average molecular weight is 446 g/mol. The number of unbranched alkanes of at least 4 members (excludes halogenated alkanes) is 7. The second-order valence-electron chi connectivity index (χ2n) is 6.93. The summed E-state index contributed by atoms with van der Waals surface area (Å²) in [6.07, 6.45) is 10.3. The molecule has 0 heterocycles. The maximum Gasteiger partial charge on any atom is 0.220 e. The molecule has 9 nitrogen and oxygen atoms in total. The topological polar surface area (TPSA) is 125 Å². The van der Waals surface area contributed by atoms with Crippen LogP contribution >= 0.6 is 12.6 Å². The van der Waals surface area contributed by atoms with Crippen molar-refractivity contribution in [3.63, 3.8) is 0 Å². The van der Waals surface area contributed by atoms with Crippen LogP contribution in [0.15, 0.2) is 5.11 Å². The number of hydrogen-bond acceptors (Lipinski definition) is 6. The first-order chi connectivity index (χ1) is 14.7. The van der Waals surface area contributed by atoms with Crippen LogP contribution in [-0.4, -0.2) is 63.6 Å². The van der Waals surface area contributed by atoms with Crippen LogP contribution in [-0.2, 0) is 19.1 Å². The van der Waals surface area contributed by atoms with Crippen molar-refractivity contribution in [2.45, 2.75) is 64.2 Å². The van der Waals surface area contributed by atoms with Crippen LogP contribution in [0.1, 0.15) is 64.2 Å². The molecule has 0 aromatic heterocycles. The minimum Gasteiger partial charge on any atom is -0.377 e. The lowest BCUT2D eigenvalue weighted by atomic mass is 10.1. The van der Waals surface area contributed by atoms with E-state index in [9.17, 15) is 9.59 Å². The highest BCUT2D eigenvalue weighted by molar-refractivity contribution is 7.80. The number of ether oxygens (including phenoxy) is 2. The number of amides is 2. The van der Waals surface area contributed by atoms with E-state index in [1.807, 2.05) is 0 Å². The molecule has 0 bridgehead atoms. The predicted molar refractivity (Wildman–Crippen MR) is 122 cm³/mol. The van der Waals surface area contributed by atoms with Crippen molar-refractivity contribution in [3.8, 4) is 0 Å². The normalized spacial score (nSPS) is 10.4. The summed E-state index contributed by atoms with van der Waals surface area (Å²) in [7, 11) is 0. The van der Waals surface area contributed by atoms with Crippen LogP contribution in [0.5, 0.6) is 0 Å². The van der Waals surface area contributed by atoms with E-state index in [1.54, 1.807) is 0 Å². The molecule has 2 N–H and O–H groups in total. The monoisotopic (exact) mass is 445 g/mol. The maximum absolute atomic E-state index is 11.7. The van der Waals surface area contributed by atoms with Crippen molar-refractivity contribution < 1.29 is 19.1 Å². The fourth-order valence-corrected chi connectivity index (χ4v) is 2.90. The molecule has 10 heteroatoms. The Morgan fingerprint density at radius 3 is 1.80 bits per heavy atom. The SMILES string of the molecule is [N-]=[N+]=NCCC(=O)NCCOCCOCCNC(=O)CCCCCCCCCCS. The molecule has 0 aromatic rings. The Balaban J connectivity index is 3.24. The largest absolute Gasteiger partial charge is 0.377 e. The van der Waals surface area contributed by atoms with Gasteiger partial charge in [-0.25, -0.2) is 0 Å². The Labute approximate surface area is 186 Å². The standard InChI is InChI=1S/C20H39N5O4S/c21-25-24-11-10-20(27)23-13-15-29-17-16-28-14-12-22-19(26)9-7-5-3-1-2-4-6-8-18-30/h30H,1-18H2,(H,22,26)(H,23,27). The van der Waals surface area contributed by atoms with Crippen molar-refractivity contribution in [3.05, 3.63) is 10.4 Å². The van der Waals surface area contributed by atoms with E-state index in [2.05, 4.69) is 33.3 Å². The molecular formula is C20H39N5O4S. The maximum atomic E-state index is 11.7. The molecule has 0 unspecified atom stereocenters. The second-order valence-corrected chi connectivity index (χ2v) is 7.38. The van der Waals surface area contributed by atoms with Gasteiger partial charge >= 0.3 is 0 Å². The number of thiol groups is 1. The fourth-order valence-electron chi connectivity index (χ4n) is 2.68. The van der Waals surface area contributed by atoms with Crippen molar-refractivity contribution in [1.29, 1.82) is 0 Å². The van der Waals surface area contributed by atoms with Crippen LogP contribution in [0, 0.1) is 0 Å². The van der Waals surface area contributed by atoms with Gasteiger partial charge in [0.1, 0.15) is 0 Å². The first kappa shape index (κ1) is 28.5. The Morgan fingerprint density at radius 2 is 1.27 bits per heavy atom. The summed E-state index contributed by atoms with van der Waals surface area (Å²) < 4.78 is 10.7. The fraction of sp³-hybridized carbons (Fsp3) is 0.900. The molecule has 0 rings (SSSR count). The summed E-state index contributed by atoms with van der Waals surface area (Å²) in [6, 6.07) is 0. The van der Waals surface area contributed by atoms with Gasteiger partial charge in [-0.2, -0.15) is 12.6 Å². The zero-order valence-electron chi connectivity index (χ0n) is 18.1. The number of nitrogens with one attached hydrogen (secondary N) is 2. The Kier molecular flexibility index (Phi) is 22.6. The first-order valence-corrected chi connectivity index (χ1v) is 11.6. The van der Waals surface area contributed by atoms with E-state index in [0.29, 0.717) is 45.9 Å². The summed E-state index contributed by atoms with van der Waals surface area (Å²) in [5.41, 5.74) is 8.12. The number of rotatable bonds is 22. The van der Waals surface area contributed by atoms with Gasteiger partial charge in [-0.1, -0.05) is 43.6 Å². The van der Waals surface area contributed by atoms with Crippen LogP contribution in [0.2, 0.25) is 0 Å². The lowest BCUT2D eigenvalue weighted by Gasteiger charge is -2.08. The predicted octanol–water partition coefficient (Wildman–Crippen LogP) is 3.39. The second kappa shape index (κ2) is 23.8. The molecule has 2 amide bonds. The smallest absolute Gasteiger partial charge is 0.220 e. The quantitative estimate of drug-likeness (QED) is 0.0776. The van der Waals surface area contributed by atoms with Crippen molar-refractivity contribution in [1.82, 2.24) is 10.6 Å². The van der Waals surface area contributed by atoms with E-state index in [0.717, 1.165) is 18.6 Å². The number of carbonyl (C=O) groups excluding carboxylic acids is 2. The highest BCUT2D eigenvalue weighted by Gasteiger charge is 2.01. The molecule has 0 fully saturated rings. The molecule has 0 aliphatic rings. The van der Waals surface area contributed by atoms with Gasteiger partial charge in [-0.05, 0) is 24.1 Å². The molecule has 0 aromatic carbocycles. The number of hydrogen-bond donors (Lipinski definition) is 3. The summed E-state index contributed by atoms with van der Waals surface area (Å²) in [5, 5.41) is 8.82. The van der Waals surface area contributed by atoms with Gasteiger partial charge in [0.2, 0.25) is 11.8 Å². The molecular weight excluding hydrogens is 406 g/mol. The highest BCUT2D eigenvalue weighted by Crippen LogP contribution is 2.09. The summed E-state index contributed by atoms with van der Waals surface area (Å²) in [4.78, 5) is 25.6. The number of carbonyl (C=O) groups is 2. The van der Waals surface area contributed by atoms with E-state index in [-0.39, 0.29) is 24.8 Å². The van der Waals surface area contributed by atoms with Gasteiger partial charge in [0.25, 0.3) is 0 Å². The zero-order valence-corrected chi connectivity index (χ0v) is 19.0. The third kappa shape index (κ3) is 22.8. The van der Waals surface area contributed by atoms with E-state index < -0.39 is 0 Å². The van der Waals surface area contributed by atoms with E-state index in [4.69, 9.17) is 15.0 Å². The lowest BCUT2D eigenvalue weighted by Crippen LogP contribution is -2.28. The van der Waals surface area contributed by atoms with Crippen molar-refractivity contribution in [2.24, 2.45) is 5.11 Å². The van der Waals surface area contributed by atoms with E-state index in [1.165, 1.54) is 38.5 Å². The average Bonchev–Trinajstić information content (AvgIpc) is 2.74. The zero-order chi connectivity index (χ0) is 22.1. The van der Waals surface area contributed by atoms with Crippen LogP contribution < -0.4 is 10.6 Å². The number of azide groups is 1. The van der Waals surface area contributed by atoms with Crippen LogP contribution in [0.3, 0.4) is 0 Å². The highest BCUT2D eigenvalue weighted by atomic mass is 32.1. The Morgan fingerprint density at radius 1 is 0.767 bits per heavy atom. The van der Waals surface area contributed by atoms with Gasteiger partial charge in [-0.3, -0.25) is 9.59 Å². The minimum atomic E-state index is -0.169. The van der Waals surface area contributed by atoms with Gasteiger partial charge < -0.3 is 20.1 Å². The Hall–Kier alpha value is -1.48. The van der Waals surface area contributed by atoms with Crippen LogP contribution in [0.4, 0.5) is 0 Å². The van der Waals surface area contributed by atoms with E-state index >= 15 is 0 Å². The third-order valence-electron chi connectivity index (χ3n) is 4.32. The molecule has 0 atom stereocenters. The van der Waals surface area contributed by atoms with Gasteiger partial charge in [-0.15, -0.1) is 0 Å². The molecule has 0 saturated heterocycles. The van der Waals surface area contributed by atoms with Crippen LogP contribution in [0.25, 0.3) is 10.4 Å². The van der Waals surface area contributed by atoms with Gasteiger partial charge in [0, 0.05) is 37.4 Å². The summed E-state index contributed by atoms with van der Waals surface area (Å²) in [6.45, 7) is 2.78. The third-order valence-corrected chi connectivity index (χ3v) is 4.64. The molecule has 0 aliphatic heterocycles. The van der Waals surface area contributed by atoms with Crippen molar-refractivity contribution >= 4 is 24.4 Å². The molecule has 30 heavy (non-hydrogen) atoms. The summed E-state index contributed by atoms with van der Waals surface area (Å²) >= 11 is 4.21. The molecule has 174 valence electrons. The van der Waals surface area contributed by atoms with Crippen molar-refractivity contribution in [2.75, 3.05) is 51.8 Å². The Bertz CT molecular complexity index is 476. The van der Waals surface area contributed by atoms with Gasteiger partial charge in [0.15, 0.2) is 0 Å². The minimum absolute atomic E-state index is 0.0832.